The Morgan fingerprint density at radius 2 is 1.91 bits per heavy atom. The second-order valence-electron chi connectivity index (χ2n) is 6.27. The average Bonchev–Trinajstić information content (AvgIpc) is 2.56. The number of carbonyl (C=O) groups excluding carboxylic acids is 1. The Hall–Kier alpha value is -0.110. The number of ether oxygens (including phenoxy) is 2. The molecule has 23 heavy (non-hydrogen) atoms. The van der Waals surface area contributed by atoms with Crippen molar-refractivity contribution in [3.63, 3.8) is 0 Å². The second kappa shape index (κ2) is 10.7. The van der Waals surface area contributed by atoms with Crippen molar-refractivity contribution in [2.24, 2.45) is 5.92 Å². The fourth-order valence-corrected chi connectivity index (χ4v) is 3.49. The molecule has 3 aliphatic rings. The largest absolute Gasteiger partial charge is 0.379 e. The Kier molecular flexibility index (Phi) is 9.73. The molecule has 3 heterocycles. The maximum atomic E-state index is 12.5. The van der Waals surface area contributed by atoms with Gasteiger partial charge in [-0.25, -0.2) is 0 Å². The number of piperidine rings is 1. The summed E-state index contributed by atoms with van der Waals surface area (Å²) < 4.78 is 11.0. The summed E-state index contributed by atoms with van der Waals surface area (Å²) in [6.07, 6.45) is 2.06. The quantitative estimate of drug-likeness (QED) is 0.779. The van der Waals surface area contributed by atoms with E-state index < -0.39 is 0 Å². The third-order valence-electron chi connectivity index (χ3n) is 4.65. The summed E-state index contributed by atoms with van der Waals surface area (Å²) >= 11 is 0. The van der Waals surface area contributed by atoms with Gasteiger partial charge in [0.05, 0.1) is 19.8 Å². The van der Waals surface area contributed by atoms with Crippen molar-refractivity contribution in [2.75, 3.05) is 65.6 Å². The Bertz CT molecular complexity index is 351. The number of morpholine rings is 2. The lowest BCUT2D eigenvalue weighted by molar-refractivity contribution is -0.147. The Labute approximate surface area is 151 Å². The minimum Gasteiger partial charge on any atom is -0.379 e. The summed E-state index contributed by atoms with van der Waals surface area (Å²) in [5.74, 6) is 0.770. The van der Waals surface area contributed by atoms with Crippen LogP contribution in [0, 0.1) is 5.92 Å². The number of rotatable bonds is 3. The number of nitrogens with one attached hydrogen (secondary N) is 1. The molecular formula is C15H29Cl2N3O3. The third-order valence-corrected chi connectivity index (χ3v) is 4.65. The van der Waals surface area contributed by atoms with Gasteiger partial charge in [0.2, 0.25) is 0 Å². The summed E-state index contributed by atoms with van der Waals surface area (Å²) in [6.45, 7) is 8.76. The molecule has 3 rings (SSSR count). The highest BCUT2D eigenvalue weighted by molar-refractivity contribution is 5.85. The Balaban J connectivity index is 0.00000132. The van der Waals surface area contributed by atoms with E-state index in [4.69, 9.17) is 9.47 Å². The van der Waals surface area contributed by atoms with Crippen LogP contribution in [0.2, 0.25) is 0 Å². The van der Waals surface area contributed by atoms with Gasteiger partial charge < -0.3 is 19.7 Å². The molecule has 3 aliphatic heterocycles. The normalized spacial score (nSPS) is 29.3. The van der Waals surface area contributed by atoms with Crippen molar-refractivity contribution in [2.45, 2.75) is 18.9 Å². The first-order valence-corrected chi connectivity index (χ1v) is 8.24. The molecule has 8 heteroatoms. The maximum absolute atomic E-state index is 12.5. The molecule has 0 aromatic carbocycles. The van der Waals surface area contributed by atoms with Gasteiger partial charge in [-0.3, -0.25) is 9.69 Å². The first-order valence-electron chi connectivity index (χ1n) is 8.24. The highest BCUT2D eigenvalue weighted by atomic mass is 35.5. The second-order valence-corrected chi connectivity index (χ2v) is 6.27. The van der Waals surface area contributed by atoms with Crippen molar-refractivity contribution in [1.82, 2.24) is 15.1 Å². The van der Waals surface area contributed by atoms with E-state index in [0.29, 0.717) is 19.1 Å². The van der Waals surface area contributed by atoms with Crippen LogP contribution in [0.25, 0.3) is 0 Å². The highest BCUT2D eigenvalue weighted by Gasteiger charge is 2.31. The van der Waals surface area contributed by atoms with Crippen LogP contribution in [0.1, 0.15) is 12.8 Å². The van der Waals surface area contributed by atoms with Gasteiger partial charge in [-0.2, -0.15) is 0 Å². The van der Waals surface area contributed by atoms with Gasteiger partial charge in [-0.1, -0.05) is 0 Å². The summed E-state index contributed by atoms with van der Waals surface area (Å²) in [7, 11) is 0. The van der Waals surface area contributed by atoms with Gasteiger partial charge in [0.25, 0.3) is 5.91 Å². The van der Waals surface area contributed by atoms with Gasteiger partial charge in [0.1, 0.15) is 6.10 Å². The van der Waals surface area contributed by atoms with Crippen LogP contribution in [-0.2, 0) is 14.3 Å². The number of hydrogen-bond donors (Lipinski definition) is 1. The van der Waals surface area contributed by atoms with Crippen LogP contribution in [0.5, 0.6) is 0 Å². The number of carbonyl (C=O) groups is 1. The van der Waals surface area contributed by atoms with Gasteiger partial charge in [0.15, 0.2) is 0 Å². The topological polar surface area (TPSA) is 54.0 Å². The number of nitrogens with zero attached hydrogens (tertiary/aromatic N) is 2. The zero-order chi connectivity index (χ0) is 14.5. The van der Waals surface area contributed by atoms with Crippen molar-refractivity contribution in [3.05, 3.63) is 0 Å². The van der Waals surface area contributed by atoms with Crippen LogP contribution >= 0.6 is 24.8 Å². The molecule has 136 valence electrons. The standard InChI is InChI=1S/C15H27N3O3.2ClH/c19-15(14-10-16-3-7-21-14)18-4-1-2-13(12-18)11-17-5-8-20-9-6-17;;/h13-14,16H,1-12H2;2*1H. The molecule has 6 nitrogen and oxygen atoms in total. The summed E-state index contributed by atoms with van der Waals surface area (Å²) in [5.41, 5.74) is 0. The summed E-state index contributed by atoms with van der Waals surface area (Å²) in [4.78, 5) is 17.0. The lowest BCUT2D eigenvalue weighted by Gasteiger charge is -2.38. The summed E-state index contributed by atoms with van der Waals surface area (Å²) in [5, 5.41) is 3.24. The lowest BCUT2D eigenvalue weighted by Crippen LogP contribution is -2.53. The van der Waals surface area contributed by atoms with E-state index in [-0.39, 0.29) is 36.8 Å². The fraction of sp³-hybridized carbons (Fsp3) is 0.933. The monoisotopic (exact) mass is 369 g/mol. The predicted octanol–water partition coefficient (Wildman–Crippen LogP) is 0.389. The molecule has 0 radical (unpaired) electrons. The maximum Gasteiger partial charge on any atom is 0.253 e. The predicted molar refractivity (Wildman–Crippen MR) is 93.7 cm³/mol. The highest BCUT2D eigenvalue weighted by Crippen LogP contribution is 2.19. The minimum absolute atomic E-state index is 0. The van der Waals surface area contributed by atoms with Crippen molar-refractivity contribution < 1.29 is 14.3 Å². The fourth-order valence-electron chi connectivity index (χ4n) is 3.49. The third kappa shape index (κ3) is 6.03. The molecule has 0 saturated carbocycles. The zero-order valence-electron chi connectivity index (χ0n) is 13.6. The molecule has 1 amide bonds. The van der Waals surface area contributed by atoms with Crippen molar-refractivity contribution in [3.8, 4) is 0 Å². The lowest BCUT2D eigenvalue weighted by atomic mass is 9.96. The van der Waals surface area contributed by atoms with E-state index in [1.165, 1.54) is 6.42 Å². The first kappa shape index (κ1) is 20.9. The number of hydrogen-bond acceptors (Lipinski definition) is 5. The number of likely N-dealkylation sites (tertiary alicyclic amines) is 1. The van der Waals surface area contributed by atoms with Gasteiger partial charge >= 0.3 is 0 Å². The van der Waals surface area contributed by atoms with Crippen molar-refractivity contribution in [1.29, 1.82) is 0 Å². The number of halogens is 2. The molecule has 0 aromatic rings. The van der Waals surface area contributed by atoms with E-state index in [1.54, 1.807) is 0 Å². The van der Waals surface area contributed by atoms with Crippen LogP contribution in [0.15, 0.2) is 0 Å². The van der Waals surface area contributed by atoms with E-state index in [0.717, 1.165) is 58.9 Å². The molecular weight excluding hydrogens is 341 g/mol. The molecule has 2 unspecified atom stereocenters. The minimum atomic E-state index is -0.277. The molecule has 1 N–H and O–H groups in total. The van der Waals surface area contributed by atoms with E-state index in [9.17, 15) is 4.79 Å². The molecule has 3 fully saturated rings. The van der Waals surface area contributed by atoms with E-state index in [1.807, 2.05) is 4.90 Å². The molecule has 3 saturated heterocycles. The first-order chi connectivity index (χ1) is 10.3. The van der Waals surface area contributed by atoms with Crippen LogP contribution in [0.3, 0.4) is 0 Å². The molecule has 0 spiro atoms. The smallest absolute Gasteiger partial charge is 0.253 e. The average molecular weight is 370 g/mol. The Morgan fingerprint density at radius 3 is 2.61 bits per heavy atom. The van der Waals surface area contributed by atoms with Gasteiger partial charge in [0, 0.05) is 45.8 Å². The Morgan fingerprint density at radius 1 is 1.13 bits per heavy atom. The molecule has 2 atom stereocenters. The van der Waals surface area contributed by atoms with Gasteiger partial charge in [-0.15, -0.1) is 24.8 Å². The van der Waals surface area contributed by atoms with Crippen LogP contribution in [-0.4, -0.2) is 87.4 Å². The zero-order valence-corrected chi connectivity index (χ0v) is 15.2. The molecule has 0 aromatic heterocycles. The van der Waals surface area contributed by atoms with Gasteiger partial charge in [-0.05, 0) is 18.8 Å². The van der Waals surface area contributed by atoms with Crippen molar-refractivity contribution >= 4 is 30.7 Å². The van der Waals surface area contributed by atoms with E-state index >= 15 is 0 Å². The number of amides is 1. The van der Waals surface area contributed by atoms with Crippen LogP contribution < -0.4 is 5.32 Å². The molecule has 0 aliphatic carbocycles. The summed E-state index contributed by atoms with van der Waals surface area (Å²) in [6, 6.07) is 0. The molecule has 0 bridgehead atoms. The van der Waals surface area contributed by atoms with Crippen LogP contribution in [0.4, 0.5) is 0 Å². The van der Waals surface area contributed by atoms with E-state index in [2.05, 4.69) is 10.2 Å². The SMILES string of the molecule is Cl.Cl.O=C(C1CNCCO1)N1CCCC(CN2CCOCC2)C1.